The minimum atomic E-state index is -0.813. The van der Waals surface area contributed by atoms with E-state index < -0.39 is 6.04 Å². The molecule has 1 aliphatic heterocycles. The maximum Gasteiger partial charge on any atom is 0.247 e. The van der Waals surface area contributed by atoms with Crippen molar-refractivity contribution in [3.63, 3.8) is 0 Å². The number of anilines is 1. The van der Waals surface area contributed by atoms with Crippen molar-refractivity contribution >= 4 is 34.3 Å². The van der Waals surface area contributed by atoms with Gasteiger partial charge in [-0.15, -0.1) is 0 Å². The van der Waals surface area contributed by atoms with E-state index in [1.54, 1.807) is 6.20 Å². The number of rotatable bonds is 5. The van der Waals surface area contributed by atoms with Crippen LogP contribution in [0.3, 0.4) is 0 Å². The number of nitrogens with one attached hydrogen (secondary N) is 1. The molecule has 3 amide bonds. The van der Waals surface area contributed by atoms with E-state index >= 15 is 0 Å². The number of allylic oxidation sites excluding steroid dienone is 2. The lowest BCUT2D eigenvalue weighted by Crippen LogP contribution is -2.48. The number of carbonyl (C=O) groups is 3. The number of aromatic nitrogens is 1. The molecule has 1 fully saturated rings. The van der Waals surface area contributed by atoms with E-state index in [9.17, 15) is 14.4 Å². The van der Waals surface area contributed by atoms with Gasteiger partial charge in [0.1, 0.15) is 6.04 Å². The monoisotopic (exact) mass is 391 g/mol. The predicted molar refractivity (Wildman–Crippen MR) is 111 cm³/mol. The molecule has 1 N–H and O–H groups in total. The second-order valence-electron chi connectivity index (χ2n) is 8.25. The topological polar surface area (TPSA) is 79.4 Å². The predicted octanol–water partition coefficient (Wildman–Crippen LogP) is 3.54. The summed E-state index contributed by atoms with van der Waals surface area (Å²) in [4.78, 5) is 44.7. The number of fused-ring (bicyclic) bond motifs is 2. The van der Waals surface area contributed by atoms with Crippen molar-refractivity contribution in [2.45, 2.75) is 39.2 Å². The molecular formula is C23H25N3O3. The van der Waals surface area contributed by atoms with E-state index in [2.05, 4.69) is 10.3 Å². The van der Waals surface area contributed by atoms with Crippen molar-refractivity contribution in [1.29, 1.82) is 0 Å². The molecule has 4 rings (SSSR count). The van der Waals surface area contributed by atoms with Gasteiger partial charge in [0.05, 0.1) is 29.2 Å². The highest BCUT2D eigenvalue weighted by Crippen LogP contribution is 2.37. The molecule has 3 unspecified atom stereocenters. The summed E-state index contributed by atoms with van der Waals surface area (Å²) in [6, 6.07) is 8.69. The van der Waals surface area contributed by atoms with Crippen LogP contribution in [0.1, 0.15) is 33.1 Å². The second kappa shape index (κ2) is 7.78. The van der Waals surface area contributed by atoms with Crippen molar-refractivity contribution < 1.29 is 14.4 Å². The number of pyridine rings is 1. The zero-order valence-corrected chi connectivity index (χ0v) is 16.7. The lowest BCUT2D eigenvalue weighted by molar-refractivity contribution is -0.147. The van der Waals surface area contributed by atoms with Gasteiger partial charge in [-0.25, -0.2) is 0 Å². The van der Waals surface area contributed by atoms with Crippen LogP contribution >= 0.6 is 0 Å². The highest BCUT2D eigenvalue weighted by atomic mass is 16.2. The largest absolute Gasteiger partial charge is 0.323 e. The summed E-state index contributed by atoms with van der Waals surface area (Å²) < 4.78 is 0. The molecule has 2 aromatic rings. The molecule has 3 atom stereocenters. The summed E-state index contributed by atoms with van der Waals surface area (Å²) in [5, 5.41) is 3.79. The van der Waals surface area contributed by atoms with Crippen LogP contribution in [-0.4, -0.2) is 33.6 Å². The van der Waals surface area contributed by atoms with Gasteiger partial charge in [0, 0.05) is 5.39 Å². The van der Waals surface area contributed by atoms with Gasteiger partial charge >= 0.3 is 0 Å². The third kappa shape index (κ3) is 3.67. The van der Waals surface area contributed by atoms with Gasteiger partial charge in [-0.1, -0.05) is 44.2 Å². The Bertz CT molecular complexity index is 972. The van der Waals surface area contributed by atoms with Crippen molar-refractivity contribution in [1.82, 2.24) is 9.88 Å². The first-order chi connectivity index (χ1) is 14.0. The van der Waals surface area contributed by atoms with Gasteiger partial charge in [-0.3, -0.25) is 24.3 Å². The molecule has 1 aliphatic carbocycles. The van der Waals surface area contributed by atoms with Gasteiger partial charge in [0.25, 0.3) is 0 Å². The number of amides is 3. The van der Waals surface area contributed by atoms with Crippen LogP contribution in [0.5, 0.6) is 0 Å². The zero-order valence-electron chi connectivity index (χ0n) is 16.7. The number of likely N-dealkylation sites (tertiary alicyclic amines) is 1. The Morgan fingerprint density at radius 1 is 1.14 bits per heavy atom. The molecule has 6 heteroatoms. The number of imide groups is 1. The first kappa shape index (κ1) is 19.3. The van der Waals surface area contributed by atoms with E-state index in [-0.39, 0.29) is 35.5 Å². The van der Waals surface area contributed by atoms with Crippen LogP contribution in [0.4, 0.5) is 5.69 Å². The normalized spacial score (nSPS) is 22.2. The van der Waals surface area contributed by atoms with Crippen molar-refractivity contribution in [2.24, 2.45) is 17.8 Å². The van der Waals surface area contributed by atoms with Gasteiger partial charge < -0.3 is 5.32 Å². The zero-order chi connectivity index (χ0) is 20.5. The summed E-state index contributed by atoms with van der Waals surface area (Å²) in [6.45, 7) is 3.97. The first-order valence-corrected chi connectivity index (χ1v) is 10.1. The lowest BCUT2D eigenvalue weighted by atomic mass is 9.85. The Morgan fingerprint density at radius 3 is 2.45 bits per heavy atom. The SMILES string of the molecule is CC(C)CC(C(=O)Nc1cnc2ccccc2c1)N1C(=O)C2CC=CCC2C1=O. The van der Waals surface area contributed by atoms with E-state index in [1.807, 2.05) is 56.3 Å². The van der Waals surface area contributed by atoms with Crippen LogP contribution < -0.4 is 5.32 Å². The molecule has 6 nitrogen and oxygen atoms in total. The van der Waals surface area contributed by atoms with Crippen LogP contribution in [0.2, 0.25) is 0 Å². The third-order valence-corrected chi connectivity index (χ3v) is 5.71. The maximum absolute atomic E-state index is 13.2. The fourth-order valence-corrected chi connectivity index (χ4v) is 4.27. The summed E-state index contributed by atoms with van der Waals surface area (Å²) in [7, 11) is 0. The smallest absolute Gasteiger partial charge is 0.247 e. The van der Waals surface area contributed by atoms with Gasteiger partial charge in [0.2, 0.25) is 17.7 Å². The highest BCUT2D eigenvalue weighted by Gasteiger charge is 2.51. The average molecular weight is 391 g/mol. The minimum absolute atomic E-state index is 0.154. The Balaban J connectivity index is 1.59. The van der Waals surface area contributed by atoms with Crippen molar-refractivity contribution in [2.75, 3.05) is 5.32 Å². The highest BCUT2D eigenvalue weighted by molar-refractivity contribution is 6.10. The Labute approximate surface area is 170 Å². The molecule has 2 aliphatic rings. The van der Waals surface area contributed by atoms with Gasteiger partial charge in [-0.2, -0.15) is 0 Å². The summed E-state index contributed by atoms with van der Waals surface area (Å²) in [5.74, 6) is -1.30. The molecule has 150 valence electrons. The molecular weight excluding hydrogens is 366 g/mol. The lowest BCUT2D eigenvalue weighted by Gasteiger charge is -2.27. The number of carbonyl (C=O) groups excluding carboxylic acids is 3. The molecule has 2 heterocycles. The Morgan fingerprint density at radius 2 is 1.79 bits per heavy atom. The number of hydrogen-bond acceptors (Lipinski definition) is 4. The molecule has 0 saturated carbocycles. The fraction of sp³-hybridized carbons (Fsp3) is 0.391. The van der Waals surface area contributed by atoms with Crippen molar-refractivity contribution in [3.05, 3.63) is 48.7 Å². The molecule has 0 bridgehead atoms. The molecule has 1 saturated heterocycles. The van der Waals surface area contributed by atoms with Crippen LogP contribution in [-0.2, 0) is 14.4 Å². The number of nitrogens with zero attached hydrogens (tertiary/aromatic N) is 2. The van der Waals surface area contributed by atoms with Gasteiger partial charge in [-0.05, 0) is 37.3 Å². The molecule has 0 spiro atoms. The molecule has 1 aromatic carbocycles. The standard InChI is InChI=1S/C23H25N3O3/c1-14(2)11-20(26-22(28)17-8-4-5-9-18(17)23(26)29)21(27)25-16-12-15-7-3-6-10-19(15)24-13-16/h3-7,10,12-14,17-18,20H,8-9,11H2,1-2H3,(H,25,27). The Hall–Kier alpha value is -3.02. The van der Waals surface area contributed by atoms with E-state index in [1.165, 1.54) is 4.90 Å². The maximum atomic E-state index is 13.2. The molecule has 0 radical (unpaired) electrons. The fourth-order valence-electron chi connectivity index (χ4n) is 4.27. The molecule has 29 heavy (non-hydrogen) atoms. The second-order valence-corrected chi connectivity index (χ2v) is 8.25. The number of benzene rings is 1. The van der Waals surface area contributed by atoms with E-state index in [0.29, 0.717) is 24.9 Å². The number of para-hydroxylation sites is 1. The van der Waals surface area contributed by atoms with Crippen LogP contribution in [0.15, 0.2) is 48.7 Å². The first-order valence-electron chi connectivity index (χ1n) is 10.1. The summed E-state index contributed by atoms with van der Waals surface area (Å²) >= 11 is 0. The molecule has 1 aromatic heterocycles. The van der Waals surface area contributed by atoms with Crippen LogP contribution in [0.25, 0.3) is 10.9 Å². The van der Waals surface area contributed by atoms with Gasteiger partial charge in [0.15, 0.2) is 0 Å². The minimum Gasteiger partial charge on any atom is -0.323 e. The number of hydrogen-bond donors (Lipinski definition) is 1. The van der Waals surface area contributed by atoms with Crippen LogP contribution in [0, 0.1) is 17.8 Å². The third-order valence-electron chi connectivity index (χ3n) is 5.71. The Kier molecular flexibility index (Phi) is 5.18. The summed E-state index contributed by atoms with van der Waals surface area (Å²) in [5.41, 5.74) is 1.39. The van der Waals surface area contributed by atoms with E-state index in [0.717, 1.165) is 10.9 Å². The quantitative estimate of drug-likeness (QED) is 0.625. The summed E-state index contributed by atoms with van der Waals surface area (Å²) in [6.07, 6.45) is 7.07. The average Bonchev–Trinajstić information content (AvgIpc) is 2.96. The van der Waals surface area contributed by atoms with Crippen molar-refractivity contribution in [3.8, 4) is 0 Å². The van der Waals surface area contributed by atoms with E-state index in [4.69, 9.17) is 0 Å².